The van der Waals surface area contributed by atoms with Crippen LogP contribution in [0, 0.1) is 0 Å². The zero-order valence-corrected chi connectivity index (χ0v) is 11.4. The van der Waals surface area contributed by atoms with Crippen molar-refractivity contribution in [3.8, 4) is 0 Å². The summed E-state index contributed by atoms with van der Waals surface area (Å²) in [5.74, 6) is -1.48. The molecular formula is C12H18O7. The van der Waals surface area contributed by atoms with Crippen LogP contribution >= 0.6 is 0 Å². The van der Waals surface area contributed by atoms with Crippen molar-refractivity contribution in [1.82, 2.24) is 0 Å². The molecule has 7 nitrogen and oxygen atoms in total. The first-order chi connectivity index (χ1) is 8.81. The van der Waals surface area contributed by atoms with Crippen LogP contribution in [0.4, 0.5) is 0 Å². The van der Waals surface area contributed by atoms with E-state index in [9.17, 15) is 14.4 Å². The molecule has 1 fully saturated rings. The van der Waals surface area contributed by atoms with Crippen LogP contribution in [0.25, 0.3) is 0 Å². The number of rotatable bonds is 4. The molecule has 1 aliphatic heterocycles. The molecule has 0 aromatic rings. The third kappa shape index (κ3) is 4.51. The van der Waals surface area contributed by atoms with Gasteiger partial charge in [-0.05, 0) is 6.92 Å². The Morgan fingerprint density at radius 2 is 1.47 bits per heavy atom. The Morgan fingerprint density at radius 3 is 1.95 bits per heavy atom. The lowest BCUT2D eigenvalue weighted by molar-refractivity contribution is -0.165. The molecule has 0 amide bonds. The van der Waals surface area contributed by atoms with Gasteiger partial charge in [0.15, 0.2) is 12.2 Å². The SMILES string of the molecule is CC(=O)OCC1OC(C)C(OC(C)=O)C1OC(C)=O. The summed E-state index contributed by atoms with van der Waals surface area (Å²) in [6.45, 7) is 5.41. The highest BCUT2D eigenvalue weighted by molar-refractivity contribution is 5.67. The molecule has 0 N–H and O–H groups in total. The molecule has 7 heteroatoms. The second-order valence-corrected chi connectivity index (χ2v) is 4.33. The van der Waals surface area contributed by atoms with E-state index in [2.05, 4.69) is 0 Å². The van der Waals surface area contributed by atoms with E-state index in [-0.39, 0.29) is 6.61 Å². The second kappa shape index (κ2) is 6.51. The Kier molecular flexibility index (Phi) is 5.29. The van der Waals surface area contributed by atoms with Crippen LogP contribution in [0.15, 0.2) is 0 Å². The third-order valence-electron chi connectivity index (χ3n) is 2.60. The molecule has 108 valence electrons. The molecular weight excluding hydrogens is 256 g/mol. The minimum Gasteiger partial charge on any atom is -0.463 e. The summed E-state index contributed by atoms with van der Waals surface area (Å²) >= 11 is 0. The lowest BCUT2D eigenvalue weighted by Gasteiger charge is -2.22. The van der Waals surface area contributed by atoms with Gasteiger partial charge in [0.1, 0.15) is 12.7 Å². The summed E-state index contributed by atoms with van der Waals surface area (Å²) in [5.41, 5.74) is 0. The molecule has 1 rings (SSSR count). The predicted octanol–water partition coefficient (Wildman–Crippen LogP) is 0.200. The molecule has 0 aromatic carbocycles. The molecule has 0 radical (unpaired) electrons. The highest BCUT2D eigenvalue weighted by Crippen LogP contribution is 2.27. The van der Waals surface area contributed by atoms with Crippen molar-refractivity contribution in [1.29, 1.82) is 0 Å². The van der Waals surface area contributed by atoms with Crippen molar-refractivity contribution in [2.75, 3.05) is 6.61 Å². The Hall–Kier alpha value is -1.63. The van der Waals surface area contributed by atoms with Crippen LogP contribution in [0.3, 0.4) is 0 Å². The summed E-state index contributed by atoms with van der Waals surface area (Å²) in [6.07, 6.45) is -2.58. The Bertz CT molecular complexity index is 365. The minimum atomic E-state index is -0.782. The summed E-state index contributed by atoms with van der Waals surface area (Å²) < 4.78 is 20.6. The Labute approximate surface area is 111 Å². The van der Waals surface area contributed by atoms with Crippen molar-refractivity contribution in [3.05, 3.63) is 0 Å². The van der Waals surface area contributed by atoms with Gasteiger partial charge < -0.3 is 18.9 Å². The lowest BCUT2D eigenvalue weighted by Crippen LogP contribution is -2.40. The summed E-state index contributed by atoms with van der Waals surface area (Å²) in [4.78, 5) is 32.9. The average molecular weight is 274 g/mol. The van der Waals surface area contributed by atoms with Gasteiger partial charge in [0, 0.05) is 20.8 Å². The van der Waals surface area contributed by atoms with Gasteiger partial charge in [-0.1, -0.05) is 0 Å². The number of carbonyl (C=O) groups excluding carboxylic acids is 3. The number of hydrogen-bond acceptors (Lipinski definition) is 7. The Balaban J connectivity index is 2.76. The molecule has 1 heterocycles. The van der Waals surface area contributed by atoms with Crippen LogP contribution in [0.1, 0.15) is 27.7 Å². The van der Waals surface area contributed by atoms with Crippen LogP contribution in [0.5, 0.6) is 0 Å². The molecule has 0 aliphatic carbocycles. The van der Waals surface area contributed by atoms with E-state index < -0.39 is 42.3 Å². The second-order valence-electron chi connectivity index (χ2n) is 4.33. The van der Waals surface area contributed by atoms with E-state index in [1.54, 1.807) is 6.92 Å². The first-order valence-electron chi connectivity index (χ1n) is 5.94. The largest absolute Gasteiger partial charge is 0.463 e. The van der Waals surface area contributed by atoms with Gasteiger partial charge in [0.05, 0.1) is 6.10 Å². The average Bonchev–Trinajstić information content (AvgIpc) is 2.53. The quantitative estimate of drug-likeness (QED) is 0.534. The molecule has 1 aliphatic rings. The molecule has 0 spiro atoms. The van der Waals surface area contributed by atoms with E-state index >= 15 is 0 Å². The normalized spacial score (nSPS) is 29.7. The van der Waals surface area contributed by atoms with E-state index in [0.29, 0.717) is 0 Å². The van der Waals surface area contributed by atoms with Gasteiger partial charge in [-0.25, -0.2) is 0 Å². The first kappa shape index (κ1) is 15.4. The van der Waals surface area contributed by atoms with Gasteiger partial charge in [-0.3, -0.25) is 14.4 Å². The van der Waals surface area contributed by atoms with Crippen LogP contribution in [-0.4, -0.2) is 48.9 Å². The summed E-state index contributed by atoms with van der Waals surface area (Å²) in [7, 11) is 0. The topological polar surface area (TPSA) is 88.1 Å². The maximum atomic E-state index is 11.1. The lowest BCUT2D eigenvalue weighted by atomic mass is 10.1. The van der Waals surface area contributed by atoms with Crippen molar-refractivity contribution in [3.63, 3.8) is 0 Å². The molecule has 4 atom stereocenters. The zero-order valence-electron chi connectivity index (χ0n) is 11.4. The molecule has 19 heavy (non-hydrogen) atoms. The van der Waals surface area contributed by atoms with Crippen LogP contribution in [-0.2, 0) is 33.3 Å². The zero-order chi connectivity index (χ0) is 14.6. The maximum Gasteiger partial charge on any atom is 0.303 e. The fraction of sp³-hybridized carbons (Fsp3) is 0.750. The number of esters is 3. The number of hydrogen-bond donors (Lipinski definition) is 0. The highest BCUT2D eigenvalue weighted by atomic mass is 16.6. The van der Waals surface area contributed by atoms with E-state index in [1.165, 1.54) is 20.8 Å². The van der Waals surface area contributed by atoms with Gasteiger partial charge in [0.2, 0.25) is 0 Å². The molecule has 0 bridgehead atoms. The van der Waals surface area contributed by atoms with E-state index in [1.807, 2.05) is 0 Å². The molecule has 0 aromatic heterocycles. The van der Waals surface area contributed by atoms with Crippen molar-refractivity contribution in [2.24, 2.45) is 0 Å². The van der Waals surface area contributed by atoms with Crippen molar-refractivity contribution >= 4 is 17.9 Å². The van der Waals surface area contributed by atoms with Crippen molar-refractivity contribution in [2.45, 2.75) is 52.1 Å². The van der Waals surface area contributed by atoms with Crippen LogP contribution < -0.4 is 0 Å². The fourth-order valence-corrected chi connectivity index (χ4v) is 1.93. The predicted molar refractivity (Wildman–Crippen MR) is 62.1 cm³/mol. The van der Waals surface area contributed by atoms with Gasteiger partial charge in [-0.15, -0.1) is 0 Å². The monoisotopic (exact) mass is 274 g/mol. The Morgan fingerprint density at radius 1 is 0.947 bits per heavy atom. The maximum absolute atomic E-state index is 11.1. The molecule has 0 saturated carbocycles. The smallest absolute Gasteiger partial charge is 0.303 e. The van der Waals surface area contributed by atoms with Crippen molar-refractivity contribution < 1.29 is 33.3 Å². The fourth-order valence-electron chi connectivity index (χ4n) is 1.93. The van der Waals surface area contributed by atoms with Gasteiger partial charge in [-0.2, -0.15) is 0 Å². The van der Waals surface area contributed by atoms with E-state index in [0.717, 1.165) is 0 Å². The van der Waals surface area contributed by atoms with E-state index in [4.69, 9.17) is 18.9 Å². The number of carbonyl (C=O) groups is 3. The summed E-state index contributed by atoms with van der Waals surface area (Å²) in [5, 5.41) is 0. The van der Waals surface area contributed by atoms with Crippen LogP contribution in [0.2, 0.25) is 0 Å². The highest BCUT2D eigenvalue weighted by Gasteiger charge is 2.47. The molecule has 1 saturated heterocycles. The number of ether oxygens (including phenoxy) is 4. The standard InChI is InChI=1S/C12H18O7/c1-6-11(18-8(3)14)12(19-9(4)15)10(17-6)5-16-7(2)13/h6,10-12H,5H2,1-4H3. The summed E-state index contributed by atoms with van der Waals surface area (Å²) in [6, 6.07) is 0. The first-order valence-corrected chi connectivity index (χ1v) is 5.94. The van der Waals surface area contributed by atoms with Gasteiger partial charge >= 0.3 is 17.9 Å². The van der Waals surface area contributed by atoms with Gasteiger partial charge in [0.25, 0.3) is 0 Å². The molecule has 4 unspecified atom stereocenters. The minimum absolute atomic E-state index is 0.0601. The third-order valence-corrected chi connectivity index (χ3v) is 2.60.